The van der Waals surface area contributed by atoms with E-state index in [0.717, 1.165) is 6.42 Å². The number of hydrogen-bond donors (Lipinski definition) is 3. The van der Waals surface area contributed by atoms with Crippen molar-refractivity contribution in [3.05, 3.63) is 0 Å². The molecular weight excluding hydrogens is 276 g/mol. The molecule has 0 saturated carbocycles. The van der Waals surface area contributed by atoms with Crippen molar-refractivity contribution in [1.29, 1.82) is 0 Å². The van der Waals surface area contributed by atoms with Crippen LogP contribution in [0.15, 0.2) is 0 Å². The highest BCUT2D eigenvalue weighted by Gasteiger charge is 2.39. The molecule has 1 saturated heterocycles. The van der Waals surface area contributed by atoms with Crippen molar-refractivity contribution in [2.24, 2.45) is 5.41 Å². The van der Waals surface area contributed by atoms with Gasteiger partial charge in [-0.15, -0.1) is 0 Å². The van der Waals surface area contributed by atoms with Gasteiger partial charge < -0.3 is 20.4 Å². The highest BCUT2D eigenvalue weighted by atomic mass is 16.4. The fourth-order valence-corrected chi connectivity index (χ4v) is 2.37. The maximum absolute atomic E-state index is 12.3. The minimum absolute atomic E-state index is 0.0546. The summed E-state index contributed by atoms with van der Waals surface area (Å²) in [7, 11) is 0. The van der Waals surface area contributed by atoms with Crippen LogP contribution in [0.25, 0.3) is 0 Å². The number of nitrogens with zero attached hydrogens (tertiary/aromatic N) is 1. The molecule has 2 amide bonds. The Morgan fingerprint density at radius 2 is 1.95 bits per heavy atom. The van der Waals surface area contributed by atoms with E-state index in [1.54, 1.807) is 20.8 Å². The van der Waals surface area contributed by atoms with Crippen LogP contribution in [0.4, 0.5) is 0 Å². The van der Waals surface area contributed by atoms with Crippen molar-refractivity contribution in [1.82, 2.24) is 10.2 Å². The first kappa shape index (κ1) is 17.4. The van der Waals surface area contributed by atoms with E-state index in [4.69, 9.17) is 10.2 Å². The molecule has 3 N–H and O–H groups in total. The van der Waals surface area contributed by atoms with Gasteiger partial charge in [-0.2, -0.15) is 0 Å². The van der Waals surface area contributed by atoms with Crippen LogP contribution in [0.3, 0.4) is 0 Å². The summed E-state index contributed by atoms with van der Waals surface area (Å²) in [6.45, 7) is 5.54. The number of carbonyl (C=O) groups excluding carboxylic acids is 2. The highest BCUT2D eigenvalue weighted by molar-refractivity contribution is 5.92. The number of aliphatic carboxylic acids is 1. The Hall–Kier alpha value is -1.63. The molecule has 0 aliphatic carbocycles. The molecule has 0 bridgehead atoms. The molecule has 0 radical (unpaired) electrons. The molecule has 1 aliphatic heterocycles. The summed E-state index contributed by atoms with van der Waals surface area (Å²) >= 11 is 0. The van der Waals surface area contributed by atoms with Crippen molar-refractivity contribution >= 4 is 17.8 Å². The molecule has 7 nitrogen and oxygen atoms in total. The van der Waals surface area contributed by atoms with Gasteiger partial charge in [0.1, 0.15) is 12.1 Å². The molecule has 21 heavy (non-hydrogen) atoms. The van der Waals surface area contributed by atoms with E-state index >= 15 is 0 Å². The topological polar surface area (TPSA) is 107 Å². The largest absolute Gasteiger partial charge is 0.480 e. The lowest BCUT2D eigenvalue weighted by atomic mass is 9.94. The van der Waals surface area contributed by atoms with Crippen molar-refractivity contribution in [3.8, 4) is 0 Å². The number of nitrogens with one attached hydrogen (secondary N) is 1. The number of carbonyl (C=O) groups is 3. The lowest BCUT2D eigenvalue weighted by molar-refractivity contribution is -0.146. The third-order valence-corrected chi connectivity index (χ3v) is 3.49. The Labute approximate surface area is 124 Å². The van der Waals surface area contributed by atoms with Gasteiger partial charge in [-0.25, -0.2) is 4.79 Å². The fourth-order valence-electron chi connectivity index (χ4n) is 2.37. The van der Waals surface area contributed by atoms with Crippen molar-refractivity contribution < 1.29 is 24.6 Å². The molecule has 1 fully saturated rings. The van der Waals surface area contributed by atoms with E-state index in [-0.39, 0.29) is 18.9 Å². The average Bonchev–Trinajstić information content (AvgIpc) is 2.84. The van der Waals surface area contributed by atoms with Gasteiger partial charge in [-0.05, 0) is 12.8 Å². The second-order valence-corrected chi connectivity index (χ2v) is 6.32. The van der Waals surface area contributed by atoms with Crippen LogP contribution in [-0.2, 0) is 14.4 Å². The van der Waals surface area contributed by atoms with Gasteiger partial charge >= 0.3 is 5.97 Å². The van der Waals surface area contributed by atoms with E-state index in [0.29, 0.717) is 13.0 Å². The second-order valence-electron chi connectivity index (χ2n) is 6.32. The number of amides is 2. The minimum atomic E-state index is -1.19. The van der Waals surface area contributed by atoms with Crippen LogP contribution in [0.2, 0.25) is 0 Å². The van der Waals surface area contributed by atoms with E-state index in [9.17, 15) is 14.4 Å². The van der Waals surface area contributed by atoms with E-state index in [1.807, 2.05) is 0 Å². The fraction of sp³-hybridized carbons (Fsp3) is 0.786. The predicted molar refractivity (Wildman–Crippen MR) is 75.5 cm³/mol. The molecular formula is C14H24N2O5. The smallest absolute Gasteiger partial charge is 0.326 e. The van der Waals surface area contributed by atoms with Crippen LogP contribution in [-0.4, -0.2) is 58.1 Å². The number of aliphatic hydroxyl groups excluding tert-OH is 1. The maximum Gasteiger partial charge on any atom is 0.326 e. The van der Waals surface area contributed by atoms with Gasteiger partial charge in [-0.3, -0.25) is 9.59 Å². The van der Waals surface area contributed by atoms with E-state index in [2.05, 4.69) is 5.32 Å². The second kappa shape index (κ2) is 6.89. The summed E-state index contributed by atoms with van der Waals surface area (Å²) in [6, 6.07) is -1.76. The summed E-state index contributed by atoms with van der Waals surface area (Å²) in [5.41, 5.74) is -0.583. The van der Waals surface area contributed by atoms with Crippen molar-refractivity contribution in [2.75, 3.05) is 13.2 Å². The highest BCUT2D eigenvalue weighted by Crippen LogP contribution is 2.25. The van der Waals surface area contributed by atoms with Gasteiger partial charge in [-0.1, -0.05) is 20.8 Å². The zero-order valence-corrected chi connectivity index (χ0v) is 12.8. The first-order valence-corrected chi connectivity index (χ1v) is 7.13. The number of carboxylic acids is 1. The third-order valence-electron chi connectivity index (χ3n) is 3.49. The maximum atomic E-state index is 12.3. The summed E-state index contributed by atoms with van der Waals surface area (Å²) in [5.74, 6) is -1.77. The SMILES string of the molecule is CC(C)(C)C(=O)N1CCCC1C(=O)NC(CCO)C(=O)O. The Kier molecular flexibility index (Phi) is 5.71. The normalized spacial score (nSPS) is 20.2. The van der Waals surface area contributed by atoms with E-state index in [1.165, 1.54) is 4.90 Å². The Bertz CT molecular complexity index is 416. The van der Waals surface area contributed by atoms with Crippen LogP contribution in [0.1, 0.15) is 40.0 Å². The van der Waals surface area contributed by atoms with Gasteiger partial charge in [0.15, 0.2) is 0 Å². The summed E-state index contributed by atoms with van der Waals surface area (Å²) in [6.07, 6.45) is 1.19. The van der Waals surface area contributed by atoms with Crippen LogP contribution in [0.5, 0.6) is 0 Å². The number of likely N-dealkylation sites (tertiary alicyclic amines) is 1. The first-order chi connectivity index (χ1) is 9.68. The lowest BCUT2D eigenvalue weighted by Gasteiger charge is -2.30. The van der Waals surface area contributed by atoms with E-state index < -0.39 is 29.4 Å². The molecule has 0 aromatic heterocycles. The minimum Gasteiger partial charge on any atom is -0.480 e. The van der Waals surface area contributed by atoms with Gasteiger partial charge in [0, 0.05) is 25.0 Å². The zero-order chi connectivity index (χ0) is 16.2. The summed E-state index contributed by atoms with van der Waals surface area (Å²) in [5, 5.41) is 20.2. The summed E-state index contributed by atoms with van der Waals surface area (Å²) in [4.78, 5) is 37.1. The first-order valence-electron chi connectivity index (χ1n) is 7.13. The van der Waals surface area contributed by atoms with Gasteiger partial charge in [0.05, 0.1) is 0 Å². The standard InChI is InChI=1S/C14H24N2O5/c1-14(2,3)13(21)16-7-4-5-10(16)11(18)15-9(6-8-17)12(19)20/h9-10,17H,4-8H2,1-3H3,(H,15,18)(H,19,20). The zero-order valence-electron chi connectivity index (χ0n) is 12.8. The van der Waals surface area contributed by atoms with Crippen molar-refractivity contribution in [3.63, 3.8) is 0 Å². The third kappa shape index (κ3) is 4.42. The molecule has 1 rings (SSSR count). The number of carboxylic acid groups (broad SMARTS) is 1. The quantitative estimate of drug-likeness (QED) is 0.661. The molecule has 0 aromatic carbocycles. The van der Waals surface area contributed by atoms with Gasteiger partial charge in [0.2, 0.25) is 11.8 Å². The number of hydrogen-bond acceptors (Lipinski definition) is 4. The predicted octanol–water partition coefficient (Wildman–Crippen LogP) is -0.0247. The number of rotatable bonds is 5. The Morgan fingerprint density at radius 1 is 1.33 bits per heavy atom. The van der Waals surface area contributed by atoms with Crippen molar-refractivity contribution in [2.45, 2.75) is 52.1 Å². The monoisotopic (exact) mass is 300 g/mol. The Balaban J connectivity index is 2.76. The molecule has 7 heteroatoms. The molecule has 2 unspecified atom stereocenters. The van der Waals surface area contributed by atoms with Gasteiger partial charge in [0.25, 0.3) is 0 Å². The number of aliphatic hydroxyl groups is 1. The molecule has 120 valence electrons. The van der Waals surface area contributed by atoms with Crippen LogP contribution in [0, 0.1) is 5.41 Å². The average molecular weight is 300 g/mol. The molecule has 1 heterocycles. The molecule has 0 spiro atoms. The Morgan fingerprint density at radius 3 is 2.43 bits per heavy atom. The molecule has 1 aliphatic rings. The van der Waals surface area contributed by atoms with Crippen LogP contribution < -0.4 is 5.32 Å². The summed E-state index contributed by atoms with van der Waals surface area (Å²) < 4.78 is 0. The van der Waals surface area contributed by atoms with Crippen LogP contribution >= 0.6 is 0 Å². The molecule has 0 aromatic rings. The molecule has 2 atom stereocenters. The lowest BCUT2D eigenvalue weighted by Crippen LogP contribution is -2.52.